The molecule has 7 nitrogen and oxygen atoms in total. The maximum Gasteiger partial charge on any atom is 0.286 e. The average Bonchev–Trinajstić information content (AvgIpc) is 2.24. The predicted octanol–water partition coefficient (Wildman–Crippen LogP) is -0.286. The molecule has 0 heterocycles. The number of hydrogen-bond acceptors (Lipinski definition) is 4. The van der Waals surface area contributed by atoms with Crippen LogP contribution in [0.3, 0.4) is 0 Å². The van der Waals surface area contributed by atoms with Gasteiger partial charge in [0.15, 0.2) is 5.37 Å². The molecule has 18 heavy (non-hydrogen) atoms. The van der Waals surface area contributed by atoms with Crippen LogP contribution in [0.4, 0.5) is 0 Å². The summed E-state index contributed by atoms with van der Waals surface area (Å²) in [7, 11) is -4.42. The Bertz CT molecular complexity index is 480. The fraction of sp³-hybridized carbons (Fsp3) is 0.400. The molecule has 0 aliphatic carbocycles. The number of primary amides is 1. The monoisotopic (exact) mass is 276 g/mol. The molecule has 0 spiro atoms. The lowest BCUT2D eigenvalue weighted by Crippen LogP contribution is -2.41. The van der Waals surface area contributed by atoms with Crippen LogP contribution in [0, 0.1) is 0 Å². The smallest absolute Gasteiger partial charge is 0.286 e. The van der Waals surface area contributed by atoms with Crippen LogP contribution in [0.5, 0.6) is 0 Å². The van der Waals surface area contributed by atoms with Gasteiger partial charge in [-0.2, -0.15) is 8.42 Å². The Morgan fingerprint density at radius 1 is 1.33 bits per heavy atom. The van der Waals surface area contributed by atoms with E-state index in [0.29, 0.717) is 6.42 Å². The molecule has 0 bridgehead atoms. The molecule has 0 aromatic carbocycles. The van der Waals surface area contributed by atoms with Crippen LogP contribution >= 0.6 is 0 Å². The van der Waals surface area contributed by atoms with E-state index >= 15 is 0 Å². The summed E-state index contributed by atoms with van der Waals surface area (Å²) in [5, 5.41) is 0.597. The Morgan fingerprint density at radius 2 is 1.83 bits per heavy atom. The number of carbonyl (C=O) groups excluding carboxylic acids is 2. The van der Waals surface area contributed by atoms with E-state index in [9.17, 15) is 18.0 Å². The van der Waals surface area contributed by atoms with Crippen molar-refractivity contribution in [3.05, 3.63) is 24.3 Å². The van der Waals surface area contributed by atoms with Gasteiger partial charge in [0.25, 0.3) is 16.0 Å². The molecule has 0 aromatic heterocycles. The van der Waals surface area contributed by atoms with E-state index in [-0.39, 0.29) is 17.6 Å². The first-order chi connectivity index (χ1) is 8.11. The lowest BCUT2D eigenvalue weighted by molar-refractivity contribution is -0.119. The van der Waals surface area contributed by atoms with Crippen LogP contribution in [-0.2, 0) is 19.7 Å². The number of amides is 2. The Kier molecular flexibility index (Phi) is 5.73. The molecule has 1 atom stereocenters. The van der Waals surface area contributed by atoms with E-state index in [4.69, 9.17) is 10.3 Å². The molecule has 0 aliphatic rings. The molecule has 1 unspecified atom stereocenters. The number of carbonyl (C=O) groups is 2. The van der Waals surface area contributed by atoms with Crippen molar-refractivity contribution in [1.82, 2.24) is 5.32 Å². The molecule has 0 saturated heterocycles. The molecule has 102 valence electrons. The highest BCUT2D eigenvalue weighted by atomic mass is 32.2. The Labute approximate surface area is 105 Å². The predicted molar refractivity (Wildman–Crippen MR) is 65.9 cm³/mol. The van der Waals surface area contributed by atoms with Gasteiger partial charge in [-0.1, -0.05) is 26.5 Å². The van der Waals surface area contributed by atoms with Crippen molar-refractivity contribution in [3.8, 4) is 0 Å². The molecular weight excluding hydrogens is 260 g/mol. The van der Waals surface area contributed by atoms with Gasteiger partial charge < -0.3 is 11.1 Å². The largest absolute Gasteiger partial charge is 0.366 e. The molecule has 8 heteroatoms. The quantitative estimate of drug-likeness (QED) is 0.334. The van der Waals surface area contributed by atoms with Crippen molar-refractivity contribution in [2.24, 2.45) is 5.73 Å². The summed E-state index contributed by atoms with van der Waals surface area (Å²) >= 11 is 0. The van der Waals surface area contributed by atoms with Crippen LogP contribution in [0.2, 0.25) is 0 Å². The fourth-order valence-corrected chi connectivity index (χ4v) is 1.87. The van der Waals surface area contributed by atoms with Crippen LogP contribution in [0.15, 0.2) is 24.3 Å². The highest BCUT2D eigenvalue weighted by Gasteiger charge is 2.26. The van der Waals surface area contributed by atoms with E-state index in [1.165, 1.54) is 0 Å². The molecule has 0 fully saturated rings. The maximum atomic E-state index is 11.6. The molecule has 0 aliphatic heterocycles. The van der Waals surface area contributed by atoms with Gasteiger partial charge >= 0.3 is 0 Å². The molecule has 4 N–H and O–H groups in total. The topological polar surface area (TPSA) is 127 Å². The summed E-state index contributed by atoms with van der Waals surface area (Å²) in [5.41, 5.74) is 4.24. The number of nitrogens with one attached hydrogen (secondary N) is 1. The molecular formula is C10H16N2O5S. The van der Waals surface area contributed by atoms with Gasteiger partial charge in [0, 0.05) is 11.1 Å². The summed E-state index contributed by atoms with van der Waals surface area (Å²) in [4.78, 5) is 22.3. The average molecular weight is 276 g/mol. The second-order valence-corrected chi connectivity index (χ2v) is 5.19. The summed E-state index contributed by atoms with van der Waals surface area (Å²) in [6.07, 6.45) is 0.453. The number of rotatable bonds is 7. The van der Waals surface area contributed by atoms with Crippen molar-refractivity contribution in [2.45, 2.75) is 25.1 Å². The zero-order chi connectivity index (χ0) is 14.5. The maximum absolute atomic E-state index is 11.6. The first-order valence-corrected chi connectivity index (χ1v) is 6.56. The summed E-state index contributed by atoms with van der Waals surface area (Å²) in [6.45, 7) is 8.21. The van der Waals surface area contributed by atoms with Gasteiger partial charge in [-0.25, -0.2) is 0 Å². The van der Waals surface area contributed by atoms with Crippen molar-refractivity contribution in [1.29, 1.82) is 0 Å². The highest BCUT2D eigenvalue weighted by molar-refractivity contribution is 7.86. The van der Waals surface area contributed by atoms with Crippen molar-refractivity contribution < 1.29 is 22.6 Å². The highest BCUT2D eigenvalue weighted by Crippen LogP contribution is 2.08. The minimum absolute atomic E-state index is 0.0287. The Morgan fingerprint density at radius 3 is 2.17 bits per heavy atom. The van der Waals surface area contributed by atoms with E-state index in [2.05, 4.69) is 13.2 Å². The number of hydrogen-bond donors (Lipinski definition) is 3. The fourth-order valence-electron chi connectivity index (χ4n) is 1.08. The van der Waals surface area contributed by atoms with Crippen molar-refractivity contribution in [3.63, 3.8) is 0 Å². The second-order valence-electron chi connectivity index (χ2n) is 3.59. The van der Waals surface area contributed by atoms with Crippen LogP contribution in [0.1, 0.15) is 19.8 Å². The van der Waals surface area contributed by atoms with E-state index in [1.807, 2.05) is 5.32 Å². The summed E-state index contributed by atoms with van der Waals surface area (Å²) < 4.78 is 30.9. The van der Waals surface area contributed by atoms with Gasteiger partial charge in [0.05, 0.1) is 0 Å². The second kappa shape index (κ2) is 6.31. The third-order valence-electron chi connectivity index (χ3n) is 2.14. The van der Waals surface area contributed by atoms with Crippen molar-refractivity contribution >= 4 is 21.9 Å². The Balaban J connectivity index is 4.87. The lowest BCUT2D eigenvalue weighted by atomic mass is 10.1. The van der Waals surface area contributed by atoms with E-state index in [0.717, 1.165) is 0 Å². The van der Waals surface area contributed by atoms with Crippen LogP contribution in [0.25, 0.3) is 0 Å². The van der Waals surface area contributed by atoms with Crippen LogP contribution < -0.4 is 11.1 Å². The van der Waals surface area contributed by atoms with Crippen molar-refractivity contribution in [2.75, 3.05) is 0 Å². The van der Waals surface area contributed by atoms with Gasteiger partial charge in [-0.05, 0) is 6.42 Å². The third-order valence-corrected chi connectivity index (χ3v) is 3.21. The lowest BCUT2D eigenvalue weighted by Gasteiger charge is -2.16. The first kappa shape index (κ1) is 16.3. The minimum Gasteiger partial charge on any atom is -0.366 e. The van der Waals surface area contributed by atoms with E-state index in [1.54, 1.807) is 6.92 Å². The molecule has 2 amide bonds. The molecule has 0 aromatic rings. The molecule has 0 saturated carbocycles. The molecule has 0 radical (unpaired) electrons. The Hall–Kier alpha value is -1.67. The first-order valence-electron chi connectivity index (χ1n) is 5.06. The minimum atomic E-state index is -4.42. The molecule has 0 rings (SSSR count). The standard InChI is InChI=1S/C10H16N2O5S/c1-4-5-8(18(15,16)17)12-10(14)7(3)6(2)9(11)13/h8H,2-5H2,1H3,(H2,11,13)(H,12,14)(H,15,16,17). The van der Waals surface area contributed by atoms with Gasteiger partial charge in [-0.15, -0.1) is 0 Å². The zero-order valence-electron chi connectivity index (χ0n) is 9.97. The van der Waals surface area contributed by atoms with Crippen LogP contribution in [-0.4, -0.2) is 30.2 Å². The van der Waals surface area contributed by atoms with E-state index < -0.39 is 27.3 Å². The van der Waals surface area contributed by atoms with Gasteiger partial charge in [-0.3, -0.25) is 14.1 Å². The van der Waals surface area contributed by atoms with Gasteiger partial charge in [0.2, 0.25) is 5.91 Å². The number of nitrogens with two attached hydrogens (primary N) is 1. The normalized spacial score (nSPS) is 12.6. The summed E-state index contributed by atoms with van der Waals surface area (Å²) in [6, 6.07) is 0. The SMILES string of the molecule is C=C(C(=C)C(=O)NC(CCC)S(=O)(=O)O)C(N)=O. The van der Waals surface area contributed by atoms with Gasteiger partial charge in [0.1, 0.15) is 0 Å². The zero-order valence-corrected chi connectivity index (χ0v) is 10.8. The summed E-state index contributed by atoms with van der Waals surface area (Å²) in [5.74, 6) is -1.86. The third kappa shape index (κ3) is 4.68.